The SMILES string of the molecule is CCC(C)N(C(=O)Cn1c(CCNC(=O)C2CC2)nc2ccccc21)C(C)CC. The van der Waals surface area contributed by atoms with Crippen LogP contribution in [0.2, 0.25) is 0 Å². The summed E-state index contributed by atoms with van der Waals surface area (Å²) in [6, 6.07) is 8.33. The quantitative estimate of drug-likeness (QED) is 0.666. The summed E-state index contributed by atoms with van der Waals surface area (Å²) in [6.45, 7) is 9.30. The van der Waals surface area contributed by atoms with Crippen LogP contribution in [0.5, 0.6) is 0 Å². The molecule has 2 amide bonds. The number of rotatable bonds is 10. The molecule has 1 fully saturated rings. The van der Waals surface area contributed by atoms with Crippen molar-refractivity contribution in [1.82, 2.24) is 19.8 Å². The molecule has 6 nitrogen and oxygen atoms in total. The molecule has 0 aliphatic heterocycles. The number of carbonyl (C=O) groups excluding carboxylic acids is 2. The molecule has 3 rings (SSSR count). The van der Waals surface area contributed by atoms with Crippen LogP contribution in [0.1, 0.15) is 59.2 Å². The lowest BCUT2D eigenvalue weighted by molar-refractivity contribution is -0.136. The predicted octanol–water partition coefficient (Wildman–Crippen LogP) is 3.53. The fourth-order valence-corrected chi connectivity index (χ4v) is 3.82. The molecule has 1 N–H and O–H groups in total. The summed E-state index contributed by atoms with van der Waals surface area (Å²) in [5.74, 6) is 1.32. The Morgan fingerprint density at radius 1 is 1.17 bits per heavy atom. The molecule has 1 saturated carbocycles. The lowest BCUT2D eigenvalue weighted by atomic mass is 10.1. The number of para-hydroxylation sites is 2. The second kappa shape index (κ2) is 9.42. The topological polar surface area (TPSA) is 67.2 Å². The van der Waals surface area contributed by atoms with Gasteiger partial charge in [-0.25, -0.2) is 4.98 Å². The van der Waals surface area contributed by atoms with Crippen LogP contribution >= 0.6 is 0 Å². The molecule has 1 heterocycles. The van der Waals surface area contributed by atoms with Gasteiger partial charge >= 0.3 is 0 Å². The molecule has 2 aromatic rings. The molecule has 1 aliphatic carbocycles. The third kappa shape index (κ3) is 4.98. The van der Waals surface area contributed by atoms with E-state index in [4.69, 9.17) is 4.98 Å². The highest BCUT2D eigenvalue weighted by molar-refractivity contribution is 5.82. The number of hydrogen-bond acceptors (Lipinski definition) is 3. The lowest BCUT2D eigenvalue weighted by Gasteiger charge is -2.34. The van der Waals surface area contributed by atoms with E-state index >= 15 is 0 Å². The van der Waals surface area contributed by atoms with Gasteiger partial charge in [0.05, 0.1) is 11.0 Å². The van der Waals surface area contributed by atoms with E-state index in [-0.39, 0.29) is 36.4 Å². The Hall–Kier alpha value is -2.37. The van der Waals surface area contributed by atoms with Gasteiger partial charge in [-0.15, -0.1) is 0 Å². The minimum absolute atomic E-state index is 0.125. The normalized spacial score (nSPS) is 15.9. The highest BCUT2D eigenvalue weighted by Gasteiger charge is 2.29. The van der Waals surface area contributed by atoms with Crippen molar-refractivity contribution in [3.05, 3.63) is 30.1 Å². The van der Waals surface area contributed by atoms with Crippen LogP contribution in [0.3, 0.4) is 0 Å². The maximum absolute atomic E-state index is 13.3. The van der Waals surface area contributed by atoms with Gasteiger partial charge in [0.25, 0.3) is 0 Å². The van der Waals surface area contributed by atoms with Gasteiger partial charge in [0.2, 0.25) is 11.8 Å². The van der Waals surface area contributed by atoms with Crippen molar-refractivity contribution in [2.75, 3.05) is 6.54 Å². The van der Waals surface area contributed by atoms with Gasteiger partial charge in [0.15, 0.2) is 0 Å². The fraction of sp³-hybridized carbons (Fsp3) is 0.609. The number of benzene rings is 1. The van der Waals surface area contributed by atoms with Crippen molar-refractivity contribution >= 4 is 22.8 Å². The van der Waals surface area contributed by atoms with Crippen LogP contribution in [-0.4, -0.2) is 44.9 Å². The standard InChI is InChI=1S/C23H34N4O2/c1-5-16(3)27(17(4)6-2)22(28)15-26-20-10-8-7-9-19(20)25-21(26)13-14-24-23(29)18-11-12-18/h7-10,16-18H,5-6,11-15H2,1-4H3,(H,24,29). The Bertz CT molecular complexity index is 846. The Morgan fingerprint density at radius 2 is 1.83 bits per heavy atom. The molecule has 1 aromatic carbocycles. The molecule has 158 valence electrons. The van der Waals surface area contributed by atoms with Gasteiger partial charge in [-0.1, -0.05) is 26.0 Å². The summed E-state index contributed by atoms with van der Waals surface area (Å²) in [5.41, 5.74) is 1.86. The van der Waals surface area contributed by atoms with Crippen LogP contribution in [0.4, 0.5) is 0 Å². The zero-order valence-electron chi connectivity index (χ0n) is 18.1. The summed E-state index contributed by atoms with van der Waals surface area (Å²) < 4.78 is 2.03. The molecular weight excluding hydrogens is 364 g/mol. The number of carbonyl (C=O) groups is 2. The van der Waals surface area contributed by atoms with Gasteiger partial charge in [0.1, 0.15) is 12.4 Å². The maximum Gasteiger partial charge on any atom is 0.243 e. The van der Waals surface area contributed by atoms with Gasteiger partial charge in [-0.05, 0) is 51.7 Å². The van der Waals surface area contributed by atoms with E-state index in [0.717, 1.165) is 42.5 Å². The number of nitrogens with one attached hydrogen (secondary N) is 1. The van der Waals surface area contributed by atoms with E-state index in [1.807, 2.05) is 33.7 Å². The average molecular weight is 399 g/mol. The van der Waals surface area contributed by atoms with E-state index in [1.165, 1.54) is 0 Å². The number of aromatic nitrogens is 2. The number of nitrogens with zero attached hydrogens (tertiary/aromatic N) is 3. The molecule has 2 unspecified atom stereocenters. The van der Waals surface area contributed by atoms with Gasteiger partial charge in [0, 0.05) is 31.0 Å². The molecular formula is C23H34N4O2. The predicted molar refractivity (Wildman–Crippen MR) is 116 cm³/mol. The van der Waals surface area contributed by atoms with E-state index in [9.17, 15) is 9.59 Å². The van der Waals surface area contributed by atoms with Gasteiger partial charge in [-0.2, -0.15) is 0 Å². The Morgan fingerprint density at radius 3 is 2.45 bits per heavy atom. The fourth-order valence-electron chi connectivity index (χ4n) is 3.82. The van der Waals surface area contributed by atoms with E-state index in [2.05, 4.69) is 33.0 Å². The van der Waals surface area contributed by atoms with E-state index in [1.54, 1.807) is 0 Å². The Balaban J connectivity index is 1.80. The summed E-state index contributed by atoms with van der Waals surface area (Å²) in [4.78, 5) is 32.0. The van der Waals surface area contributed by atoms with Crippen molar-refractivity contribution < 1.29 is 9.59 Å². The van der Waals surface area contributed by atoms with Crippen LogP contribution in [-0.2, 0) is 22.6 Å². The van der Waals surface area contributed by atoms with Crippen LogP contribution in [0.15, 0.2) is 24.3 Å². The summed E-state index contributed by atoms with van der Waals surface area (Å²) in [5, 5.41) is 3.01. The zero-order chi connectivity index (χ0) is 21.0. The number of hydrogen-bond donors (Lipinski definition) is 1. The molecule has 0 bridgehead atoms. The summed E-state index contributed by atoms with van der Waals surface area (Å²) in [7, 11) is 0. The number of amides is 2. The molecule has 1 aromatic heterocycles. The highest BCUT2D eigenvalue weighted by atomic mass is 16.2. The smallest absolute Gasteiger partial charge is 0.243 e. The van der Waals surface area contributed by atoms with Crippen molar-refractivity contribution in [2.24, 2.45) is 5.92 Å². The maximum atomic E-state index is 13.3. The minimum Gasteiger partial charge on any atom is -0.355 e. The van der Waals surface area contributed by atoms with Gasteiger partial charge in [-0.3, -0.25) is 9.59 Å². The highest BCUT2D eigenvalue weighted by Crippen LogP contribution is 2.28. The zero-order valence-corrected chi connectivity index (χ0v) is 18.1. The van der Waals surface area contributed by atoms with E-state index in [0.29, 0.717) is 13.0 Å². The lowest BCUT2D eigenvalue weighted by Crippen LogP contribution is -2.46. The molecule has 0 radical (unpaired) electrons. The molecule has 2 atom stereocenters. The second-order valence-electron chi connectivity index (χ2n) is 8.23. The van der Waals surface area contributed by atoms with Crippen molar-refractivity contribution in [2.45, 2.75) is 78.4 Å². The minimum atomic E-state index is 0.125. The molecule has 0 spiro atoms. The third-order valence-electron chi connectivity index (χ3n) is 6.04. The first-order valence-electron chi connectivity index (χ1n) is 11.0. The first-order chi connectivity index (χ1) is 14.0. The van der Waals surface area contributed by atoms with Crippen molar-refractivity contribution in [1.29, 1.82) is 0 Å². The second-order valence-corrected chi connectivity index (χ2v) is 8.23. The Labute approximate surface area is 173 Å². The van der Waals surface area contributed by atoms with E-state index < -0.39 is 0 Å². The molecule has 6 heteroatoms. The number of imidazole rings is 1. The number of fused-ring (bicyclic) bond motifs is 1. The summed E-state index contributed by atoms with van der Waals surface area (Å²) >= 11 is 0. The van der Waals surface area contributed by atoms with Crippen molar-refractivity contribution in [3.63, 3.8) is 0 Å². The van der Waals surface area contributed by atoms with Crippen LogP contribution in [0.25, 0.3) is 11.0 Å². The monoisotopic (exact) mass is 398 g/mol. The van der Waals surface area contributed by atoms with Crippen molar-refractivity contribution in [3.8, 4) is 0 Å². The third-order valence-corrected chi connectivity index (χ3v) is 6.04. The van der Waals surface area contributed by atoms with Crippen LogP contribution < -0.4 is 5.32 Å². The molecule has 29 heavy (non-hydrogen) atoms. The molecule has 0 saturated heterocycles. The summed E-state index contributed by atoms with van der Waals surface area (Å²) in [6.07, 6.45) is 4.48. The Kier molecular flexibility index (Phi) is 6.93. The molecule has 1 aliphatic rings. The largest absolute Gasteiger partial charge is 0.355 e. The first kappa shape index (κ1) is 21.3. The average Bonchev–Trinajstić information content (AvgIpc) is 3.52. The van der Waals surface area contributed by atoms with Gasteiger partial charge < -0.3 is 14.8 Å². The van der Waals surface area contributed by atoms with Crippen LogP contribution in [0, 0.1) is 5.92 Å². The first-order valence-corrected chi connectivity index (χ1v) is 11.0.